The SMILES string of the molecule is CN(C)c1cccc(NCc2ccc(CC(=O)O)s2)c1. The lowest BCUT2D eigenvalue weighted by molar-refractivity contribution is -0.136. The highest BCUT2D eigenvalue weighted by Crippen LogP contribution is 2.21. The van der Waals surface area contributed by atoms with Crippen LogP contribution in [0.15, 0.2) is 36.4 Å². The van der Waals surface area contributed by atoms with E-state index in [0.29, 0.717) is 6.54 Å². The summed E-state index contributed by atoms with van der Waals surface area (Å²) in [6, 6.07) is 12.0. The molecule has 1 heterocycles. The van der Waals surface area contributed by atoms with Crippen LogP contribution in [0, 0.1) is 0 Å². The van der Waals surface area contributed by atoms with Gasteiger partial charge in [-0.2, -0.15) is 0 Å². The first-order valence-corrected chi connectivity index (χ1v) is 7.17. The normalized spacial score (nSPS) is 10.3. The molecule has 0 saturated heterocycles. The van der Waals surface area contributed by atoms with Crippen LogP contribution >= 0.6 is 11.3 Å². The van der Waals surface area contributed by atoms with Gasteiger partial charge in [0.15, 0.2) is 0 Å². The van der Waals surface area contributed by atoms with Gasteiger partial charge in [0.05, 0.1) is 6.42 Å². The molecule has 4 nitrogen and oxygen atoms in total. The molecule has 0 radical (unpaired) electrons. The summed E-state index contributed by atoms with van der Waals surface area (Å²) in [4.78, 5) is 14.7. The van der Waals surface area contributed by atoms with Crippen LogP contribution in [-0.4, -0.2) is 25.2 Å². The lowest BCUT2D eigenvalue weighted by Crippen LogP contribution is -2.08. The van der Waals surface area contributed by atoms with E-state index in [2.05, 4.69) is 22.3 Å². The second kappa shape index (κ2) is 6.43. The minimum atomic E-state index is -0.787. The van der Waals surface area contributed by atoms with Crippen molar-refractivity contribution >= 4 is 28.7 Å². The quantitative estimate of drug-likeness (QED) is 0.858. The fourth-order valence-electron chi connectivity index (χ4n) is 1.84. The van der Waals surface area contributed by atoms with Crippen molar-refractivity contribution in [2.45, 2.75) is 13.0 Å². The van der Waals surface area contributed by atoms with Crippen molar-refractivity contribution < 1.29 is 9.90 Å². The van der Waals surface area contributed by atoms with Crippen LogP contribution in [-0.2, 0) is 17.8 Å². The summed E-state index contributed by atoms with van der Waals surface area (Å²) < 4.78 is 0. The Kier molecular flexibility index (Phi) is 4.63. The maximum Gasteiger partial charge on any atom is 0.308 e. The Hall–Kier alpha value is -2.01. The second-order valence-electron chi connectivity index (χ2n) is 4.74. The molecular formula is C15H18N2O2S. The van der Waals surface area contributed by atoms with Crippen LogP contribution in [0.5, 0.6) is 0 Å². The molecule has 0 bridgehead atoms. The molecule has 0 fully saturated rings. The summed E-state index contributed by atoms with van der Waals surface area (Å²) in [6.07, 6.45) is 0.0980. The zero-order valence-electron chi connectivity index (χ0n) is 11.6. The molecule has 2 rings (SSSR count). The molecule has 0 aliphatic rings. The molecule has 20 heavy (non-hydrogen) atoms. The Bertz CT molecular complexity index is 593. The molecule has 0 amide bonds. The third kappa shape index (κ3) is 3.99. The first-order valence-electron chi connectivity index (χ1n) is 6.35. The summed E-state index contributed by atoms with van der Waals surface area (Å²) in [5, 5.41) is 12.1. The maximum atomic E-state index is 10.6. The van der Waals surface area contributed by atoms with Gasteiger partial charge in [-0.15, -0.1) is 11.3 Å². The van der Waals surface area contributed by atoms with Crippen LogP contribution < -0.4 is 10.2 Å². The van der Waals surface area contributed by atoms with Gasteiger partial charge in [-0.3, -0.25) is 4.79 Å². The summed E-state index contributed by atoms with van der Waals surface area (Å²) in [5.41, 5.74) is 2.21. The number of carboxylic acids is 1. The number of hydrogen-bond donors (Lipinski definition) is 2. The van der Waals surface area contributed by atoms with Crippen molar-refractivity contribution in [3.8, 4) is 0 Å². The Balaban J connectivity index is 1.96. The summed E-state index contributed by atoms with van der Waals surface area (Å²) in [7, 11) is 4.02. The van der Waals surface area contributed by atoms with Crippen LogP contribution in [0.25, 0.3) is 0 Å². The van der Waals surface area contributed by atoms with Crippen LogP contribution in [0.4, 0.5) is 11.4 Å². The van der Waals surface area contributed by atoms with Crippen molar-refractivity contribution in [1.82, 2.24) is 0 Å². The number of thiophene rings is 1. The molecule has 0 saturated carbocycles. The minimum absolute atomic E-state index is 0.0980. The van der Waals surface area contributed by atoms with Crippen molar-refractivity contribution in [3.63, 3.8) is 0 Å². The predicted molar refractivity (Wildman–Crippen MR) is 83.8 cm³/mol. The average Bonchev–Trinajstić information content (AvgIpc) is 2.83. The lowest BCUT2D eigenvalue weighted by atomic mass is 10.2. The average molecular weight is 290 g/mol. The van der Waals surface area contributed by atoms with Crippen molar-refractivity contribution in [2.75, 3.05) is 24.3 Å². The van der Waals surface area contributed by atoms with Gasteiger partial charge in [0.2, 0.25) is 0 Å². The minimum Gasteiger partial charge on any atom is -0.481 e. The molecule has 0 aliphatic carbocycles. The maximum absolute atomic E-state index is 10.6. The number of nitrogens with one attached hydrogen (secondary N) is 1. The molecule has 106 valence electrons. The molecule has 2 aromatic rings. The van der Waals surface area contributed by atoms with Gasteiger partial charge in [0.1, 0.15) is 0 Å². The first-order chi connectivity index (χ1) is 9.54. The molecule has 5 heteroatoms. The number of benzene rings is 1. The van der Waals surface area contributed by atoms with Gasteiger partial charge in [0, 0.05) is 41.8 Å². The predicted octanol–water partition coefficient (Wildman–Crippen LogP) is 3.05. The van der Waals surface area contributed by atoms with Crippen LogP contribution in [0.2, 0.25) is 0 Å². The number of hydrogen-bond acceptors (Lipinski definition) is 4. The Morgan fingerprint density at radius 1 is 1.25 bits per heavy atom. The van der Waals surface area contributed by atoms with E-state index >= 15 is 0 Å². The first kappa shape index (κ1) is 14.4. The summed E-state index contributed by atoms with van der Waals surface area (Å²) in [5.74, 6) is -0.787. The highest BCUT2D eigenvalue weighted by Gasteiger charge is 2.05. The smallest absolute Gasteiger partial charge is 0.308 e. The van der Waals surface area contributed by atoms with Crippen molar-refractivity contribution in [1.29, 1.82) is 0 Å². The molecule has 2 N–H and O–H groups in total. The zero-order chi connectivity index (χ0) is 14.5. The molecule has 1 aromatic carbocycles. The van der Waals surface area contributed by atoms with Gasteiger partial charge in [-0.1, -0.05) is 6.07 Å². The molecule has 0 unspecified atom stereocenters. The van der Waals surface area contributed by atoms with Crippen LogP contribution in [0.3, 0.4) is 0 Å². The zero-order valence-corrected chi connectivity index (χ0v) is 12.4. The Labute approximate surface area is 122 Å². The van der Waals surface area contributed by atoms with E-state index in [-0.39, 0.29) is 6.42 Å². The highest BCUT2D eigenvalue weighted by atomic mass is 32.1. The van der Waals surface area contributed by atoms with Crippen LogP contribution in [0.1, 0.15) is 9.75 Å². The lowest BCUT2D eigenvalue weighted by Gasteiger charge is -2.14. The number of carbonyl (C=O) groups is 1. The van der Waals surface area contributed by atoms with E-state index < -0.39 is 5.97 Å². The molecule has 0 atom stereocenters. The molecule has 0 aliphatic heterocycles. The number of nitrogens with zero attached hydrogens (tertiary/aromatic N) is 1. The molecular weight excluding hydrogens is 272 g/mol. The second-order valence-corrected chi connectivity index (χ2v) is 5.99. The van der Waals surface area contributed by atoms with E-state index in [1.54, 1.807) is 0 Å². The monoisotopic (exact) mass is 290 g/mol. The number of carboxylic acid groups (broad SMARTS) is 1. The topological polar surface area (TPSA) is 52.6 Å². The number of rotatable bonds is 6. The van der Waals surface area contributed by atoms with Gasteiger partial charge >= 0.3 is 5.97 Å². The number of aliphatic carboxylic acids is 1. The Morgan fingerprint density at radius 2 is 2.00 bits per heavy atom. The van der Waals surface area contributed by atoms with Crippen molar-refractivity contribution in [2.24, 2.45) is 0 Å². The van der Waals surface area contributed by atoms with Gasteiger partial charge < -0.3 is 15.3 Å². The van der Waals surface area contributed by atoms with Gasteiger partial charge in [-0.05, 0) is 30.3 Å². The van der Waals surface area contributed by atoms with E-state index in [4.69, 9.17) is 5.11 Å². The third-order valence-corrected chi connectivity index (χ3v) is 3.96. The fraction of sp³-hybridized carbons (Fsp3) is 0.267. The summed E-state index contributed by atoms with van der Waals surface area (Å²) >= 11 is 1.54. The largest absolute Gasteiger partial charge is 0.481 e. The van der Waals surface area contributed by atoms with E-state index in [1.165, 1.54) is 11.3 Å². The van der Waals surface area contributed by atoms with Crippen molar-refractivity contribution in [3.05, 3.63) is 46.2 Å². The molecule has 1 aromatic heterocycles. The number of anilines is 2. The van der Waals surface area contributed by atoms with E-state index in [9.17, 15) is 4.79 Å². The third-order valence-electron chi connectivity index (χ3n) is 2.87. The molecule has 0 spiro atoms. The highest BCUT2D eigenvalue weighted by molar-refractivity contribution is 7.12. The van der Waals surface area contributed by atoms with Gasteiger partial charge in [-0.25, -0.2) is 0 Å². The van der Waals surface area contributed by atoms with E-state index in [0.717, 1.165) is 21.1 Å². The standard InChI is InChI=1S/C15H18N2O2S/c1-17(2)12-5-3-4-11(8-12)16-10-14-7-6-13(20-14)9-15(18)19/h3-8,16H,9-10H2,1-2H3,(H,18,19). The Morgan fingerprint density at radius 3 is 2.70 bits per heavy atom. The fourth-order valence-corrected chi connectivity index (χ4v) is 2.79. The summed E-state index contributed by atoms with van der Waals surface area (Å²) in [6.45, 7) is 0.709. The van der Waals surface area contributed by atoms with Gasteiger partial charge in [0.25, 0.3) is 0 Å². The van der Waals surface area contributed by atoms with E-state index in [1.807, 2.05) is 38.4 Å².